The minimum absolute atomic E-state index is 0.300. The van der Waals surface area contributed by atoms with Gasteiger partial charge in [0, 0.05) is 33.2 Å². The Morgan fingerprint density at radius 2 is 2.00 bits per heavy atom. The Labute approximate surface area is 130 Å². The van der Waals surface area contributed by atoms with Crippen molar-refractivity contribution in [1.29, 1.82) is 0 Å². The van der Waals surface area contributed by atoms with Crippen molar-refractivity contribution in [1.82, 2.24) is 19.0 Å². The molecule has 0 aliphatic carbocycles. The second kappa shape index (κ2) is 5.86. The van der Waals surface area contributed by atoms with Crippen molar-refractivity contribution in [3.8, 4) is 0 Å². The van der Waals surface area contributed by atoms with Gasteiger partial charge in [-0.1, -0.05) is 0 Å². The van der Waals surface area contributed by atoms with Crippen LogP contribution in [0, 0.1) is 6.92 Å². The van der Waals surface area contributed by atoms with Gasteiger partial charge in [0.15, 0.2) is 0 Å². The van der Waals surface area contributed by atoms with Gasteiger partial charge < -0.3 is 4.42 Å². The number of aromatic nitrogens is 2. The molecular weight excluding hydrogens is 304 g/mol. The molecule has 1 fully saturated rings. The number of nitrogens with zero attached hydrogens (tertiary/aromatic N) is 4. The highest BCUT2D eigenvalue weighted by Crippen LogP contribution is 2.21. The Bertz CT molecular complexity index is 728. The lowest BCUT2D eigenvalue weighted by Crippen LogP contribution is -2.48. The summed E-state index contributed by atoms with van der Waals surface area (Å²) in [7, 11) is -1.71. The SMILES string of the molecule is Cc1c(S(=O)(=O)N2CCN(Cc3ccco3)CC2)cnn1C. The van der Waals surface area contributed by atoms with Crippen molar-refractivity contribution in [2.45, 2.75) is 18.4 Å². The zero-order valence-electron chi connectivity index (χ0n) is 12.8. The second-order valence-electron chi connectivity index (χ2n) is 5.48. The predicted molar refractivity (Wildman–Crippen MR) is 80.7 cm³/mol. The summed E-state index contributed by atoms with van der Waals surface area (Å²) in [5.74, 6) is 0.902. The van der Waals surface area contributed by atoms with Crippen molar-refractivity contribution in [3.63, 3.8) is 0 Å². The van der Waals surface area contributed by atoms with Crippen LogP contribution >= 0.6 is 0 Å². The normalized spacial score (nSPS) is 17.9. The largest absolute Gasteiger partial charge is 0.468 e. The number of sulfonamides is 1. The summed E-state index contributed by atoms with van der Waals surface area (Å²) < 4.78 is 33.8. The van der Waals surface area contributed by atoms with Crippen LogP contribution in [-0.2, 0) is 23.6 Å². The van der Waals surface area contributed by atoms with E-state index in [-0.39, 0.29) is 0 Å². The van der Waals surface area contributed by atoms with E-state index in [4.69, 9.17) is 4.42 Å². The summed E-state index contributed by atoms with van der Waals surface area (Å²) in [6.07, 6.45) is 3.08. The van der Waals surface area contributed by atoms with E-state index in [0.717, 1.165) is 5.76 Å². The van der Waals surface area contributed by atoms with Gasteiger partial charge in [-0.3, -0.25) is 9.58 Å². The van der Waals surface area contributed by atoms with Crippen molar-refractivity contribution in [3.05, 3.63) is 36.0 Å². The Hall–Kier alpha value is -1.64. The van der Waals surface area contributed by atoms with Gasteiger partial charge in [-0.15, -0.1) is 0 Å². The third kappa shape index (κ3) is 2.81. The molecule has 2 aromatic heterocycles. The molecule has 3 heterocycles. The van der Waals surface area contributed by atoms with E-state index in [9.17, 15) is 8.42 Å². The van der Waals surface area contributed by atoms with E-state index in [1.807, 2.05) is 12.1 Å². The fourth-order valence-corrected chi connectivity index (χ4v) is 4.23. The lowest BCUT2D eigenvalue weighted by molar-refractivity contribution is 0.171. The maximum absolute atomic E-state index is 12.7. The lowest BCUT2D eigenvalue weighted by atomic mass is 10.3. The van der Waals surface area contributed by atoms with Gasteiger partial charge in [0.05, 0.1) is 24.7 Å². The average molecular weight is 324 g/mol. The van der Waals surface area contributed by atoms with Gasteiger partial charge in [-0.25, -0.2) is 8.42 Å². The molecular formula is C14H20N4O3S. The van der Waals surface area contributed by atoms with E-state index < -0.39 is 10.0 Å². The standard InChI is InChI=1S/C14H20N4O3S/c1-12-14(10-15-16(12)2)22(19,20)18-7-5-17(6-8-18)11-13-4-3-9-21-13/h3-4,9-10H,5-8,11H2,1-2H3. The first-order valence-corrected chi connectivity index (χ1v) is 8.66. The smallest absolute Gasteiger partial charge is 0.246 e. The van der Waals surface area contributed by atoms with E-state index in [1.54, 1.807) is 24.9 Å². The van der Waals surface area contributed by atoms with Crippen molar-refractivity contribution >= 4 is 10.0 Å². The Balaban J connectivity index is 1.67. The third-order valence-electron chi connectivity index (χ3n) is 4.10. The first-order chi connectivity index (χ1) is 10.5. The molecule has 1 aliphatic heterocycles. The van der Waals surface area contributed by atoms with Crippen molar-refractivity contribution < 1.29 is 12.8 Å². The molecule has 120 valence electrons. The van der Waals surface area contributed by atoms with Gasteiger partial charge in [0.25, 0.3) is 0 Å². The highest BCUT2D eigenvalue weighted by molar-refractivity contribution is 7.89. The molecule has 7 nitrogen and oxygen atoms in total. The first kappa shape index (κ1) is 15.3. The maximum Gasteiger partial charge on any atom is 0.246 e. The molecule has 0 N–H and O–H groups in total. The van der Waals surface area contributed by atoms with Crippen LogP contribution in [0.2, 0.25) is 0 Å². The Morgan fingerprint density at radius 1 is 1.27 bits per heavy atom. The molecule has 0 spiro atoms. The minimum Gasteiger partial charge on any atom is -0.468 e. The molecule has 1 aliphatic rings. The van der Waals surface area contributed by atoms with Crippen molar-refractivity contribution in [2.24, 2.45) is 7.05 Å². The summed E-state index contributed by atoms with van der Waals surface area (Å²) in [4.78, 5) is 2.50. The number of hydrogen-bond donors (Lipinski definition) is 0. The third-order valence-corrected chi connectivity index (χ3v) is 6.10. The van der Waals surface area contributed by atoms with Gasteiger partial charge in [-0.2, -0.15) is 9.40 Å². The summed E-state index contributed by atoms with van der Waals surface area (Å²) in [5, 5.41) is 4.03. The molecule has 22 heavy (non-hydrogen) atoms. The van der Waals surface area contributed by atoms with Crippen LogP contribution in [0.1, 0.15) is 11.5 Å². The fourth-order valence-electron chi connectivity index (χ4n) is 2.62. The van der Waals surface area contributed by atoms with Gasteiger partial charge >= 0.3 is 0 Å². The number of aryl methyl sites for hydroxylation is 1. The molecule has 0 saturated carbocycles. The number of piperazine rings is 1. The lowest BCUT2D eigenvalue weighted by Gasteiger charge is -2.33. The van der Waals surface area contributed by atoms with Crippen molar-refractivity contribution in [2.75, 3.05) is 26.2 Å². The number of rotatable bonds is 4. The van der Waals surface area contributed by atoms with Crippen LogP contribution in [0.5, 0.6) is 0 Å². The number of hydrogen-bond acceptors (Lipinski definition) is 5. The monoisotopic (exact) mass is 324 g/mol. The van der Waals surface area contributed by atoms with Crippen LogP contribution in [0.3, 0.4) is 0 Å². The Morgan fingerprint density at radius 3 is 2.55 bits per heavy atom. The molecule has 3 rings (SSSR count). The van der Waals surface area contributed by atoms with E-state index in [2.05, 4.69) is 10.00 Å². The minimum atomic E-state index is -3.46. The topological polar surface area (TPSA) is 71.6 Å². The molecule has 0 radical (unpaired) electrons. The predicted octanol–water partition coefficient (Wildman–Crippen LogP) is 0.828. The zero-order valence-corrected chi connectivity index (χ0v) is 13.6. The molecule has 8 heteroatoms. The first-order valence-electron chi connectivity index (χ1n) is 7.22. The highest BCUT2D eigenvalue weighted by atomic mass is 32.2. The summed E-state index contributed by atoms with van der Waals surface area (Å²) in [5.41, 5.74) is 0.665. The summed E-state index contributed by atoms with van der Waals surface area (Å²) >= 11 is 0. The van der Waals surface area contributed by atoms with Crippen LogP contribution in [0.15, 0.2) is 33.9 Å². The van der Waals surface area contributed by atoms with Crippen LogP contribution in [0.4, 0.5) is 0 Å². The quantitative estimate of drug-likeness (QED) is 0.833. The molecule has 0 unspecified atom stereocenters. The van der Waals surface area contributed by atoms with Gasteiger partial charge in [0.1, 0.15) is 10.7 Å². The summed E-state index contributed by atoms with van der Waals surface area (Å²) in [6, 6.07) is 3.79. The van der Waals surface area contributed by atoms with Gasteiger partial charge in [0.2, 0.25) is 10.0 Å². The molecule has 2 aromatic rings. The molecule has 0 bridgehead atoms. The molecule has 0 atom stereocenters. The van der Waals surface area contributed by atoms with Crippen LogP contribution < -0.4 is 0 Å². The second-order valence-corrected chi connectivity index (χ2v) is 7.38. The van der Waals surface area contributed by atoms with E-state index in [0.29, 0.717) is 43.3 Å². The van der Waals surface area contributed by atoms with E-state index in [1.165, 1.54) is 10.5 Å². The van der Waals surface area contributed by atoms with Crippen LogP contribution in [0.25, 0.3) is 0 Å². The summed E-state index contributed by atoms with van der Waals surface area (Å²) in [6.45, 7) is 4.84. The molecule has 0 amide bonds. The fraction of sp³-hybridized carbons (Fsp3) is 0.500. The highest BCUT2D eigenvalue weighted by Gasteiger charge is 2.31. The number of furan rings is 1. The van der Waals surface area contributed by atoms with Crippen LogP contribution in [-0.4, -0.2) is 53.6 Å². The van der Waals surface area contributed by atoms with E-state index >= 15 is 0 Å². The average Bonchev–Trinajstić information content (AvgIpc) is 3.11. The zero-order chi connectivity index (χ0) is 15.7. The molecule has 1 saturated heterocycles. The van der Waals surface area contributed by atoms with Gasteiger partial charge in [-0.05, 0) is 19.1 Å². The molecule has 0 aromatic carbocycles. The maximum atomic E-state index is 12.7. The Kier molecular flexibility index (Phi) is 4.07.